The molecule has 1 aliphatic heterocycles. The molecule has 0 radical (unpaired) electrons. The van der Waals surface area contributed by atoms with E-state index in [2.05, 4.69) is 4.98 Å². The van der Waals surface area contributed by atoms with Crippen molar-refractivity contribution in [2.75, 3.05) is 6.61 Å². The molecule has 1 aromatic heterocycles. The fraction of sp³-hybridized carbons (Fsp3) is 0.667. The summed E-state index contributed by atoms with van der Waals surface area (Å²) < 4.78 is 15.4. The molecular formula is C30H42N2O8. The molecule has 2 heterocycles. The fourth-order valence-corrected chi connectivity index (χ4v) is 5.47. The Kier molecular flexibility index (Phi) is 11.2. The summed E-state index contributed by atoms with van der Waals surface area (Å²) in [7, 11) is 0. The Balaban J connectivity index is 1.63. The summed E-state index contributed by atoms with van der Waals surface area (Å²) in [5.41, 5.74) is 1.09. The minimum Gasteiger partial charge on any atom is -0.464 e. The molecule has 220 valence electrons. The van der Waals surface area contributed by atoms with E-state index in [1.165, 1.54) is 19.5 Å². The molecular weight excluding hydrogens is 516 g/mol. The van der Waals surface area contributed by atoms with Gasteiger partial charge in [-0.05, 0) is 42.9 Å². The first kappa shape index (κ1) is 31.2. The van der Waals surface area contributed by atoms with Gasteiger partial charge in [-0.2, -0.15) is 0 Å². The second-order valence-electron chi connectivity index (χ2n) is 11.2. The van der Waals surface area contributed by atoms with Gasteiger partial charge in [0, 0.05) is 19.5 Å². The molecule has 2 fully saturated rings. The molecule has 10 nitrogen and oxygen atoms in total. The Hall–Kier alpha value is -3.30. The maximum Gasteiger partial charge on any atom is 0.330 e. The van der Waals surface area contributed by atoms with Crippen LogP contribution in [0.3, 0.4) is 0 Å². The van der Waals surface area contributed by atoms with Crippen molar-refractivity contribution in [1.29, 1.82) is 0 Å². The van der Waals surface area contributed by atoms with Gasteiger partial charge in [0.05, 0.1) is 30.6 Å². The van der Waals surface area contributed by atoms with E-state index in [1.807, 2.05) is 6.92 Å². The molecule has 2 aliphatic rings. The molecule has 0 N–H and O–H groups in total. The molecule has 40 heavy (non-hydrogen) atoms. The smallest absolute Gasteiger partial charge is 0.330 e. The van der Waals surface area contributed by atoms with Crippen LogP contribution in [0.25, 0.3) is 0 Å². The number of nitrogens with zero attached hydrogens (tertiary/aromatic N) is 2. The van der Waals surface area contributed by atoms with Gasteiger partial charge in [-0.1, -0.05) is 52.9 Å². The van der Waals surface area contributed by atoms with Crippen LogP contribution in [0.1, 0.15) is 84.4 Å². The van der Waals surface area contributed by atoms with Gasteiger partial charge in [0.25, 0.3) is 0 Å². The number of esters is 3. The summed E-state index contributed by atoms with van der Waals surface area (Å²) in [5, 5.41) is 0. The second kappa shape index (κ2) is 14.4. The number of imide groups is 1. The van der Waals surface area contributed by atoms with E-state index in [-0.39, 0.29) is 43.6 Å². The molecule has 1 aliphatic carbocycles. The first-order valence-electron chi connectivity index (χ1n) is 14.4. The number of aromatic nitrogens is 1. The van der Waals surface area contributed by atoms with Gasteiger partial charge in [0.2, 0.25) is 18.1 Å². The van der Waals surface area contributed by atoms with E-state index in [1.54, 1.807) is 32.9 Å². The third-order valence-electron chi connectivity index (χ3n) is 7.67. The lowest BCUT2D eigenvalue weighted by Gasteiger charge is -2.44. The summed E-state index contributed by atoms with van der Waals surface area (Å²) in [6.07, 6.45) is 6.46. The van der Waals surface area contributed by atoms with Crippen LogP contribution in [-0.4, -0.2) is 58.5 Å². The van der Waals surface area contributed by atoms with E-state index < -0.39 is 42.1 Å². The van der Waals surface area contributed by atoms with Crippen LogP contribution in [0.15, 0.2) is 18.3 Å². The van der Waals surface area contributed by atoms with Gasteiger partial charge in [-0.25, -0.2) is 4.79 Å². The van der Waals surface area contributed by atoms with Gasteiger partial charge in [-0.3, -0.25) is 29.1 Å². The zero-order valence-corrected chi connectivity index (χ0v) is 24.2. The van der Waals surface area contributed by atoms with Crippen LogP contribution in [0, 0.1) is 23.7 Å². The van der Waals surface area contributed by atoms with Crippen LogP contribution < -0.4 is 0 Å². The van der Waals surface area contributed by atoms with Gasteiger partial charge >= 0.3 is 17.9 Å². The van der Waals surface area contributed by atoms with Gasteiger partial charge in [0.15, 0.2) is 0 Å². The Morgan fingerprint density at radius 2 is 1.75 bits per heavy atom. The van der Waals surface area contributed by atoms with Crippen molar-refractivity contribution in [3.05, 3.63) is 29.6 Å². The van der Waals surface area contributed by atoms with E-state index in [4.69, 9.17) is 14.2 Å². The highest BCUT2D eigenvalue weighted by atomic mass is 16.7. The van der Waals surface area contributed by atoms with E-state index in [0.29, 0.717) is 17.2 Å². The Labute approximate surface area is 236 Å². The first-order chi connectivity index (χ1) is 19.0. The largest absolute Gasteiger partial charge is 0.464 e. The molecule has 3 rings (SSSR count). The Bertz CT molecular complexity index is 1080. The quantitative estimate of drug-likeness (QED) is 0.214. The van der Waals surface area contributed by atoms with Gasteiger partial charge in [0.1, 0.15) is 6.04 Å². The van der Waals surface area contributed by atoms with Crippen molar-refractivity contribution >= 4 is 29.7 Å². The van der Waals surface area contributed by atoms with Crippen molar-refractivity contribution < 1.29 is 38.2 Å². The SMILES string of the molecule is CCOC(=O)[C@@H]1[C@@H](Cc2ccnc(CC(=O)OC(C)OC(=O)C(C)C)c2)C(=O)N1C(=O)C[C@H](C)C1CCCCC1. The fourth-order valence-electron chi connectivity index (χ4n) is 5.47. The lowest BCUT2D eigenvalue weighted by molar-refractivity contribution is -0.186. The highest BCUT2D eigenvalue weighted by Gasteiger charge is 2.55. The molecule has 2 amide bonds. The number of likely N-dealkylation sites (tertiary alicyclic amines) is 1. The minimum absolute atomic E-state index is 0.140. The number of hydrogen-bond donors (Lipinski definition) is 0. The summed E-state index contributed by atoms with van der Waals surface area (Å²) in [6, 6.07) is 2.39. The number of carbonyl (C=O) groups is 5. The Morgan fingerprint density at radius 3 is 2.40 bits per heavy atom. The first-order valence-corrected chi connectivity index (χ1v) is 14.4. The summed E-state index contributed by atoms with van der Waals surface area (Å²) in [5.74, 6) is -2.91. The lowest BCUT2D eigenvalue weighted by Crippen LogP contribution is -2.67. The zero-order chi connectivity index (χ0) is 29.4. The predicted octanol–water partition coefficient (Wildman–Crippen LogP) is 3.78. The van der Waals surface area contributed by atoms with E-state index in [9.17, 15) is 24.0 Å². The molecule has 0 aromatic carbocycles. The number of carbonyl (C=O) groups excluding carboxylic acids is 5. The van der Waals surface area contributed by atoms with Crippen LogP contribution in [0.4, 0.5) is 0 Å². The highest BCUT2D eigenvalue weighted by Crippen LogP contribution is 2.35. The van der Waals surface area contributed by atoms with Crippen LogP contribution in [0.5, 0.6) is 0 Å². The number of pyridine rings is 1. The third-order valence-corrected chi connectivity index (χ3v) is 7.67. The summed E-state index contributed by atoms with van der Waals surface area (Å²) in [6.45, 7) is 8.70. The monoisotopic (exact) mass is 558 g/mol. The molecule has 0 bridgehead atoms. The zero-order valence-electron chi connectivity index (χ0n) is 24.2. The van der Waals surface area contributed by atoms with Crippen molar-refractivity contribution in [2.24, 2.45) is 23.7 Å². The predicted molar refractivity (Wildman–Crippen MR) is 144 cm³/mol. The maximum absolute atomic E-state index is 13.2. The lowest BCUT2D eigenvalue weighted by atomic mass is 9.78. The molecule has 4 atom stereocenters. The highest BCUT2D eigenvalue weighted by molar-refractivity contribution is 6.08. The van der Waals surface area contributed by atoms with Gasteiger partial charge in [-0.15, -0.1) is 0 Å². The Morgan fingerprint density at radius 1 is 1.05 bits per heavy atom. The number of ether oxygens (including phenoxy) is 3. The molecule has 1 saturated carbocycles. The van der Waals surface area contributed by atoms with Crippen molar-refractivity contribution in [3.8, 4) is 0 Å². The molecule has 1 aromatic rings. The maximum atomic E-state index is 13.2. The van der Waals surface area contributed by atoms with Crippen molar-refractivity contribution in [2.45, 2.75) is 98.3 Å². The number of β-lactam (4-membered cyclic amide) rings is 1. The topological polar surface area (TPSA) is 129 Å². The average molecular weight is 559 g/mol. The average Bonchev–Trinajstić information content (AvgIpc) is 2.90. The molecule has 10 heteroatoms. The van der Waals surface area contributed by atoms with Crippen LogP contribution in [-0.2, 0) is 51.0 Å². The standard InChI is InChI=1S/C30H42N2O8/c1-6-38-30(37)27-24(28(35)32(27)25(33)14-19(4)22-10-8-7-9-11-22)16-21-12-13-31-23(15-21)17-26(34)39-20(5)40-29(36)18(2)3/h12-13,15,18-20,22,24,27H,6-11,14,16-17H2,1-5H3/t19-,20?,24+,27-/m0/s1. The summed E-state index contributed by atoms with van der Waals surface area (Å²) >= 11 is 0. The van der Waals surface area contributed by atoms with Crippen LogP contribution in [0.2, 0.25) is 0 Å². The van der Waals surface area contributed by atoms with Crippen molar-refractivity contribution in [1.82, 2.24) is 9.88 Å². The third kappa shape index (κ3) is 8.11. The molecule has 1 unspecified atom stereocenters. The molecule has 0 spiro atoms. The molecule has 1 saturated heterocycles. The van der Waals surface area contributed by atoms with Crippen molar-refractivity contribution in [3.63, 3.8) is 0 Å². The normalized spacial score (nSPS) is 20.9. The second-order valence-corrected chi connectivity index (χ2v) is 11.2. The number of rotatable bonds is 12. The van der Waals surface area contributed by atoms with E-state index >= 15 is 0 Å². The van der Waals surface area contributed by atoms with Crippen LogP contribution >= 0.6 is 0 Å². The minimum atomic E-state index is -1.03. The van der Waals surface area contributed by atoms with Gasteiger partial charge < -0.3 is 14.2 Å². The number of hydrogen-bond acceptors (Lipinski definition) is 9. The number of amides is 2. The summed E-state index contributed by atoms with van der Waals surface area (Å²) in [4.78, 5) is 68.5. The van der Waals surface area contributed by atoms with E-state index in [0.717, 1.165) is 30.6 Å².